The SMILES string of the molecule is Cn1c(-c2ccccc2)cc(=O)n2nc(-c3ccccc3)cc12. The van der Waals surface area contributed by atoms with E-state index in [1.54, 1.807) is 6.07 Å². The number of aromatic nitrogens is 3. The quantitative estimate of drug-likeness (QED) is 0.569. The molecule has 0 radical (unpaired) electrons. The molecule has 0 N–H and O–H groups in total. The Labute approximate surface area is 133 Å². The van der Waals surface area contributed by atoms with Crippen LogP contribution in [0.2, 0.25) is 0 Å². The maximum absolute atomic E-state index is 12.5. The third-order valence-corrected chi connectivity index (χ3v) is 4.00. The zero-order valence-corrected chi connectivity index (χ0v) is 12.7. The first kappa shape index (κ1) is 13.5. The topological polar surface area (TPSA) is 39.3 Å². The van der Waals surface area contributed by atoms with E-state index >= 15 is 0 Å². The molecule has 0 saturated heterocycles. The summed E-state index contributed by atoms with van der Waals surface area (Å²) in [5.41, 5.74) is 4.33. The van der Waals surface area contributed by atoms with Crippen molar-refractivity contribution in [1.82, 2.24) is 14.2 Å². The molecule has 0 amide bonds. The molecule has 0 aliphatic rings. The molecule has 112 valence electrons. The maximum Gasteiger partial charge on any atom is 0.274 e. The number of nitrogens with zero attached hydrogens (tertiary/aromatic N) is 3. The molecule has 4 rings (SSSR count). The molecule has 2 aromatic carbocycles. The summed E-state index contributed by atoms with van der Waals surface area (Å²) in [7, 11) is 1.95. The van der Waals surface area contributed by atoms with Gasteiger partial charge in [0.05, 0.1) is 11.4 Å². The molecular formula is C19H15N3O. The summed E-state index contributed by atoms with van der Waals surface area (Å²) < 4.78 is 3.45. The Balaban J connectivity index is 1.97. The molecule has 0 saturated carbocycles. The van der Waals surface area contributed by atoms with Crippen molar-refractivity contribution in [1.29, 1.82) is 0 Å². The first-order valence-corrected chi connectivity index (χ1v) is 7.45. The van der Waals surface area contributed by atoms with Gasteiger partial charge in [0.25, 0.3) is 5.56 Å². The summed E-state index contributed by atoms with van der Waals surface area (Å²) in [6, 6.07) is 23.4. The lowest BCUT2D eigenvalue weighted by molar-refractivity contribution is 0.832. The van der Waals surface area contributed by atoms with Gasteiger partial charge in [-0.3, -0.25) is 4.79 Å². The monoisotopic (exact) mass is 301 g/mol. The van der Waals surface area contributed by atoms with Gasteiger partial charge < -0.3 is 4.57 Å². The van der Waals surface area contributed by atoms with E-state index in [4.69, 9.17) is 0 Å². The van der Waals surface area contributed by atoms with E-state index in [1.807, 2.05) is 78.3 Å². The summed E-state index contributed by atoms with van der Waals surface area (Å²) in [5, 5.41) is 4.46. The van der Waals surface area contributed by atoms with E-state index in [0.29, 0.717) is 0 Å². The highest BCUT2D eigenvalue weighted by Gasteiger charge is 2.12. The first-order valence-electron chi connectivity index (χ1n) is 7.45. The van der Waals surface area contributed by atoms with Crippen LogP contribution in [0.25, 0.3) is 28.2 Å². The van der Waals surface area contributed by atoms with E-state index in [1.165, 1.54) is 4.52 Å². The predicted molar refractivity (Wildman–Crippen MR) is 91.3 cm³/mol. The van der Waals surface area contributed by atoms with Crippen LogP contribution in [-0.4, -0.2) is 14.2 Å². The molecular weight excluding hydrogens is 286 g/mol. The minimum absolute atomic E-state index is 0.126. The molecule has 2 aromatic heterocycles. The molecule has 0 bridgehead atoms. The Morgan fingerprint density at radius 3 is 2.09 bits per heavy atom. The van der Waals surface area contributed by atoms with Gasteiger partial charge in [-0.15, -0.1) is 0 Å². The molecule has 4 nitrogen and oxygen atoms in total. The molecule has 0 spiro atoms. The minimum Gasteiger partial charge on any atom is -0.329 e. The highest BCUT2D eigenvalue weighted by atomic mass is 16.1. The van der Waals surface area contributed by atoms with Crippen LogP contribution in [0, 0.1) is 0 Å². The second kappa shape index (κ2) is 5.25. The van der Waals surface area contributed by atoms with Crippen molar-refractivity contribution in [3.8, 4) is 22.5 Å². The van der Waals surface area contributed by atoms with Crippen molar-refractivity contribution in [2.75, 3.05) is 0 Å². The molecule has 0 fully saturated rings. The molecule has 4 heteroatoms. The third kappa shape index (κ3) is 2.25. The van der Waals surface area contributed by atoms with Crippen molar-refractivity contribution in [3.05, 3.63) is 83.2 Å². The molecule has 0 aliphatic heterocycles. The molecule has 0 unspecified atom stereocenters. The summed E-state index contributed by atoms with van der Waals surface area (Å²) >= 11 is 0. The number of benzene rings is 2. The lowest BCUT2D eigenvalue weighted by Crippen LogP contribution is -2.17. The minimum atomic E-state index is -0.126. The lowest BCUT2D eigenvalue weighted by Gasteiger charge is -2.09. The van der Waals surface area contributed by atoms with E-state index < -0.39 is 0 Å². The van der Waals surface area contributed by atoms with Crippen LogP contribution in [0.15, 0.2) is 77.6 Å². The van der Waals surface area contributed by atoms with Gasteiger partial charge >= 0.3 is 0 Å². The fraction of sp³-hybridized carbons (Fsp3) is 0.0526. The van der Waals surface area contributed by atoms with Crippen LogP contribution in [0.5, 0.6) is 0 Å². The third-order valence-electron chi connectivity index (χ3n) is 4.00. The van der Waals surface area contributed by atoms with Crippen molar-refractivity contribution >= 4 is 5.65 Å². The number of hydrogen-bond acceptors (Lipinski definition) is 2. The molecule has 0 atom stereocenters. The van der Waals surface area contributed by atoms with Gasteiger partial charge in [0.2, 0.25) is 0 Å². The largest absolute Gasteiger partial charge is 0.329 e. The standard InChI is InChI=1S/C19H15N3O/c1-21-17(15-10-6-3-7-11-15)13-19(23)22-18(21)12-16(20-22)14-8-4-2-5-9-14/h2-13H,1H3. The Morgan fingerprint density at radius 2 is 1.43 bits per heavy atom. The van der Waals surface area contributed by atoms with Crippen molar-refractivity contribution in [2.24, 2.45) is 7.05 Å². The van der Waals surface area contributed by atoms with Crippen LogP contribution in [0.3, 0.4) is 0 Å². The Bertz CT molecular complexity index is 1030. The zero-order chi connectivity index (χ0) is 15.8. The van der Waals surface area contributed by atoms with Gasteiger partial charge in [0.15, 0.2) is 0 Å². The Kier molecular flexibility index (Phi) is 3.08. The van der Waals surface area contributed by atoms with Gasteiger partial charge in [-0.25, -0.2) is 0 Å². The first-order chi connectivity index (χ1) is 11.2. The van der Waals surface area contributed by atoms with Crippen LogP contribution in [0.4, 0.5) is 0 Å². The van der Waals surface area contributed by atoms with Gasteiger partial charge in [-0.2, -0.15) is 9.61 Å². The fourth-order valence-corrected chi connectivity index (χ4v) is 2.81. The van der Waals surface area contributed by atoms with Gasteiger partial charge in [0, 0.05) is 24.7 Å². The molecule has 4 aromatic rings. The normalized spacial score (nSPS) is 11.0. The van der Waals surface area contributed by atoms with Crippen molar-refractivity contribution in [2.45, 2.75) is 0 Å². The van der Waals surface area contributed by atoms with E-state index in [2.05, 4.69) is 5.10 Å². The molecule has 0 aliphatic carbocycles. The zero-order valence-electron chi connectivity index (χ0n) is 12.7. The van der Waals surface area contributed by atoms with Gasteiger partial charge in [-0.05, 0) is 5.56 Å². The summed E-state index contributed by atoms with van der Waals surface area (Å²) in [6.45, 7) is 0. The average molecular weight is 301 g/mol. The highest BCUT2D eigenvalue weighted by Crippen LogP contribution is 2.22. The highest BCUT2D eigenvalue weighted by molar-refractivity contribution is 5.67. The van der Waals surface area contributed by atoms with Crippen molar-refractivity contribution in [3.63, 3.8) is 0 Å². The Morgan fingerprint density at radius 1 is 0.826 bits per heavy atom. The summed E-state index contributed by atoms with van der Waals surface area (Å²) in [5.74, 6) is 0. The van der Waals surface area contributed by atoms with E-state index in [9.17, 15) is 4.79 Å². The van der Waals surface area contributed by atoms with Gasteiger partial charge in [-0.1, -0.05) is 60.7 Å². The number of aryl methyl sites for hydroxylation is 1. The summed E-state index contributed by atoms with van der Waals surface area (Å²) in [4.78, 5) is 12.5. The molecule has 2 heterocycles. The van der Waals surface area contributed by atoms with Crippen molar-refractivity contribution < 1.29 is 0 Å². The maximum atomic E-state index is 12.5. The predicted octanol–water partition coefficient (Wildman–Crippen LogP) is 3.37. The number of fused-ring (bicyclic) bond motifs is 1. The molecule has 23 heavy (non-hydrogen) atoms. The van der Waals surface area contributed by atoms with Crippen LogP contribution >= 0.6 is 0 Å². The fourth-order valence-electron chi connectivity index (χ4n) is 2.81. The number of hydrogen-bond donors (Lipinski definition) is 0. The lowest BCUT2D eigenvalue weighted by atomic mass is 10.1. The van der Waals surface area contributed by atoms with Crippen LogP contribution in [-0.2, 0) is 7.05 Å². The van der Waals surface area contributed by atoms with Crippen LogP contribution < -0.4 is 5.56 Å². The summed E-state index contributed by atoms with van der Waals surface area (Å²) in [6.07, 6.45) is 0. The second-order valence-electron chi connectivity index (χ2n) is 5.46. The second-order valence-corrected chi connectivity index (χ2v) is 5.46. The number of rotatable bonds is 2. The van der Waals surface area contributed by atoms with Gasteiger partial charge in [0.1, 0.15) is 5.65 Å². The smallest absolute Gasteiger partial charge is 0.274 e. The average Bonchev–Trinajstić information content (AvgIpc) is 3.06. The van der Waals surface area contributed by atoms with Crippen LogP contribution in [0.1, 0.15) is 0 Å². The Hall–Kier alpha value is -3.14. The van der Waals surface area contributed by atoms with E-state index in [0.717, 1.165) is 28.2 Å². The van der Waals surface area contributed by atoms with E-state index in [-0.39, 0.29) is 5.56 Å².